The molecule has 2 aromatic carbocycles. The highest BCUT2D eigenvalue weighted by atomic mass is 32.2. The van der Waals surface area contributed by atoms with Gasteiger partial charge in [0, 0.05) is 17.8 Å². The lowest BCUT2D eigenvalue weighted by atomic mass is 10.1. The van der Waals surface area contributed by atoms with Gasteiger partial charge in [0.05, 0.1) is 29.5 Å². The van der Waals surface area contributed by atoms with E-state index < -0.39 is 32.9 Å². The number of nitrogens with zero attached hydrogens (tertiary/aromatic N) is 2. The molecule has 0 aliphatic heterocycles. The number of amides is 1. The minimum absolute atomic E-state index is 0.00902. The molecule has 1 N–H and O–H groups in total. The number of ether oxygens (including phenoxy) is 1. The summed E-state index contributed by atoms with van der Waals surface area (Å²) in [6.07, 6.45) is 1.04. The van der Waals surface area contributed by atoms with Crippen molar-refractivity contribution in [2.24, 2.45) is 0 Å². The van der Waals surface area contributed by atoms with E-state index in [0.717, 1.165) is 16.6 Å². The van der Waals surface area contributed by atoms with Crippen molar-refractivity contribution in [3.63, 3.8) is 0 Å². The molecule has 2 rings (SSSR count). The average Bonchev–Trinajstić information content (AvgIpc) is 2.70. The predicted molar refractivity (Wildman–Crippen MR) is 111 cm³/mol. The SMILES string of the molecule is CC[C@H](C(=O)Nc1ccc(C(=O)OC)cc1)N(c1cccc([N+](=O)[O-])c1)S(C)(=O)=O. The number of benzene rings is 2. The summed E-state index contributed by atoms with van der Waals surface area (Å²) in [4.78, 5) is 34.8. The zero-order valence-electron chi connectivity index (χ0n) is 16.6. The Morgan fingerprint density at radius 2 is 1.83 bits per heavy atom. The summed E-state index contributed by atoms with van der Waals surface area (Å²) in [6.45, 7) is 1.63. The van der Waals surface area contributed by atoms with Crippen LogP contribution in [0, 0.1) is 10.1 Å². The molecule has 0 aromatic heterocycles. The third kappa shape index (κ3) is 5.32. The normalized spacial score (nSPS) is 12.0. The number of nitrogens with one attached hydrogen (secondary N) is 1. The van der Waals surface area contributed by atoms with Crippen LogP contribution in [0.2, 0.25) is 0 Å². The van der Waals surface area contributed by atoms with Crippen molar-refractivity contribution in [2.75, 3.05) is 23.0 Å². The number of nitro benzene ring substituents is 1. The van der Waals surface area contributed by atoms with Crippen LogP contribution >= 0.6 is 0 Å². The molecule has 10 nitrogen and oxygen atoms in total. The van der Waals surface area contributed by atoms with Crippen LogP contribution in [-0.2, 0) is 19.6 Å². The van der Waals surface area contributed by atoms with E-state index in [1.54, 1.807) is 6.92 Å². The predicted octanol–water partition coefficient (Wildman–Crippen LogP) is 2.56. The summed E-state index contributed by atoms with van der Waals surface area (Å²) in [5, 5.41) is 13.7. The van der Waals surface area contributed by atoms with Gasteiger partial charge in [0.25, 0.3) is 5.69 Å². The molecule has 0 unspecified atom stereocenters. The first-order chi connectivity index (χ1) is 14.1. The molecule has 0 bridgehead atoms. The number of methoxy groups -OCH3 is 1. The number of rotatable bonds is 8. The quantitative estimate of drug-likeness (QED) is 0.382. The van der Waals surface area contributed by atoms with Crippen molar-refractivity contribution in [1.82, 2.24) is 0 Å². The first-order valence-corrected chi connectivity index (χ1v) is 10.7. The second-order valence-corrected chi connectivity index (χ2v) is 8.18. The molecule has 0 aliphatic carbocycles. The molecule has 2 aromatic rings. The van der Waals surface area contributed by atoms with E-state index in [1.165, 1.54) is 49.6 Å². The molecule has 1 atom stereocenters. The lowest BCUT2D eigenvalue weighted by Gasteiger charge is -2.30. The van der Waals surface area contributed by atoms with Crippen molar-refractivity contribution < 1.29 is 27.7 Å². The van der Waals surface area contributed by atoms with Crippen molar-refractivity contribution in [3.8, 4) is 0 Å². The van der Waals surface area contributed by atoms with Gasteiger partial charge in [-0.3, -0.25) is 19.2 Å². The van der Waals surface area contributed by atoms with E-state index in [9.17, 15) is 28.1 Å². The monoisotopic (exact) mass is 435 g/mol. The zero-order chi connectivity index (χ0) is 22.5. The van der Waals surface area contributed by atoms with Gasteiger partial charge in [-0.1, -0.05) is 13.0 Å². The Hall–Kier alpha value is -3.47. The summed E-state index contributed by atoms with van der Waals surface area (Å²) in [5.41, 5.74) is 0.347. The van der Waals surface area contributed by atoms with Crippen LogP contribution in [0.4, 0.5) is 17.1 Å². The van der Waals surface area contributed by atoms with Crippen LogP contribution in [0.15, 0.2) is 48.5 Å². The third-order valence-electron chi connectivity index (χ3n) is 4.20. The molecular formula is C19H21N3O7S. The summed E-state index contributed by atoms with van der Waals surface area (Å²) in [6, 6.07) is 9.79. The van der Waals surface area contributed by atoms with Crippen LogP contribution in [0.25, 0.3) is 0 Å². The molecule has 0 fully saturated rings. The maximum absolute atomic E-state index is 12.9. The Bertz CT molecular complexity index is 1050. The Balaban J connectivity index is 2.35. The van der Waals surface area contributed by atoms with Gasteiger partial charge in [-0.05, 0) is 36.8 Å². The Labute approximate surface area is 173 Å². The van der Waals surface area contributed by atoms with Crippen LogP contribution in [0.5, 0.6) is 0 Å². The number of esters is 1. The molecule has 30 heavy (non-hydrogen) atoms. The van der Waals surface area contributed by atoms with Gasteiger partial charge < -0.3 is 10.1 Å². The number of sulfonamides is 1. The second-order valence-electron chi connectivity index (χ2n) is 6.32. The molecule has 1 amide bonds. The molecule has 0 heterocycles. The highest BCUT2D eigenvalue weighted by molar-refractivity contribution is 7.92. The smallest absolute Gasteiger partial charge is 0.337 e. The van der Waals surface area contributed by atoms with E-state index in [1.807, 2.05) is 0 Å². The van der Waals surface area contributed by atoms with Gasteiger partial charge >= 0.3 is 5.97 Å². The summed E-state index contributed by atoms with van der Waals surface area (Å²) < 4.78 is 30.4. The van der Waals surface area contributed by atoms with E-state index in [4.69, 9.17) is 0 Å². The maximum atomic E-state index is 12.9. The lowest BCUT2D eigenvalue weighted by molar-refractivity contribution is -0.384. The molecule has 11 heteroatoms. The van der Waals surface area contributed by atoms with Gasteiger partial charge in [-0.15, -0.1) is 0 Å². The summed E-state index contributed by atoms with van der Waals surface area (Å²) >= 11 is 0. The molecule has 160 valence electrons. The number of hydrogen-bond donors (Lipinski definition) is 1. The number of anilines is 2. The standard InChI is InChI=1S/C19H21N3O7S/c1-4-17(18(23)20-14-10-8-13(9-11-14)19(24)29-2)21(30(3,27)28)15-6-5-7-16(12-15)22(25)26/h5-12,17H,4H2,1-3H3,(H,20,23)/t17-/m1/s1. The zero-order valence-corrected chi connectivity index (χ0v) is 17.4. The fraction of sp³-hybridized carbons (Fsp3) is 0.263. The van der Waals surface area contributed by atoms with Crippen LogP contribution in [0.1, 0.15) is 23.7 Å². The fourth-order valence-electron chi connectivity index (χ4n) is 2.84. The largest absolute Gasteiger partial charge is 0.465 e. The first-order valence-electron chi connectivity index (χ1n) is 8.81. The van der Waals surface area contributed by atoms with Crippen LogP contribution < -0.4 is 9.62 Å². The van der Waals surface area contributed by atoms with E-state index in [2.05, 4.69) is 10.1 Å². The van der Waals surface area contributed by atoms with E-state index in [0.29, 0.717) is 5.69 Å². The molecular weight excluding hydrogens is 414 g/mol. The number of hydrogen-bond acceptors (Lipinski definition) is 7. The molecule has 0 saturated carbocycles. The van der Waals surface area contributed by atoms with Crippen molar-refractivity contribution in [2.45, 2.75) is 19.4 Å². The highest BCUT2D eigenvalue weighted by Gasteiger charge is 2.32. The van der Waals surface area contributed by atoms with Crippen LogP contribution in [-0.4, -0.2) is 44.6 Å². The summed E-state index contributed by atoms with van der Waals surface area (Å²) in [7, 11) is -2.69. The fourth-order valence-corrected chi connectivity index (χ4v) is 4.04. The lowest BCUT2D eigenvalue weighted by Crippen LogP contribution is -2.47. The number of carbonyl (C=O) groups excluding carboxylic acids is 2. The molecule has 0 saturated heterocycles. The van der Waals surface area contributed by atoms with Gasteiger partial charge in [-0.25, -0.2) is 13.2 Å². The minimum atomic E-state index is -3.94. The summed E-state index contributed by atoms with van der Waals surface area (Å²) in [5.74, 6) is -1.16. The highest BCUT2D eigenvalue weighted by Crippen LogP contribution is 2.27. The molecule has 0 spiro atoms. The Kier molecular flexibility index (Phi) is 7.11. The van der Waals surface area contributed by atoms with Gasteiger partial charge in [0.2, 0.25) is 15.9 Å². The number of nitro groups is 1. The Morgan fingerprint density at radius 1 is 1.20 bits per heavy atom. The average molecular weight is 435 g/mol. The van der Waals surface area contributed by atoms with Gasteiger partial charge in [0.1, 0.15) is 6.04 Å². The van der Waals surface area contributed by atoms with E-state index >= 15 is 0 Å². The van der Waals surface area contributed by atoms with Crippen molar-refractivity contribution in [3.05, 3.63) is 64.2 Å². The first kappa shape index (κ1) is 22.8. The van der Waals surface area contributed by atoms with Crippen molar-refractivity contribution in [1.29, 1.82) is 0 Å². The Morgan fingerprint density at radius 3 is 2.33 bits per heavy atom. The molecule has 0 radical (unpaired) electrons. The third-order valence-corrected chi connectivity index (χ3v) is 5.38. The second kappa shape index (κ2) is 9.35. The van der Waals surface area contributed by atoms with Gasteiger partial charge in [-0.2, -0.15) is 0 Å². The maximum Gasteiger partial charge on any atom is 0.337 e. The van der Waals surface area contributed by atoms with E-state index in [-0.39, 0.29) is 23.4 Å². The van der Waals surface area contributed by atoms with Crippen molar-refractivity contribution >= 4 is 39.0 Å². The van der Waals surface area contributed by atoms with Crippen LogP contribution in [0.3, 0.4) is 0 Å². The molecule has 0 aliphatic rings. The topological polar surface area (TPSA) is 136 Å². The number of non-ortho nitro benzene ring substituents is 1. The minimum Gasteiger partial charge on any atom is -0.465 e. The van der Waals surface area contributed by atoms with Gasteiger partial charge in [0.15, 0.2) is 0 Å². The number of carbonyl (C=O) groups is 2.